The SMILES string of the molecule is OCc1ccn(CCCN2CCCC2)c1. The number of nitrogens with zero attached hydrogens (tertiary/aromatic N) is 2. The van der Waals surface area contributed by atoms with Gasteiger partial charge in [0.25, 0.3) is 0 Å². The molecule has 0 unspecified atom stereocenters. The summed E-state index contributed by atoms with van der Waals surface area (Å²) < 4.78 is 2.17. The molecule has 0 radical (unpaired) electrons. The summed E-state index contributed by atoms with van der Waals surface area (Å²) in [4.78, 5) is 2.54. The first-order valence-electron chi connectivity index (χ1n) is 5.86. The molecule has 1 aliphatic rings. The minimum Gasteiger partial charge on any atom is -0.392 e. The highest BCUT2D eigenvalue weighted by Gasteiger charge is 2.10. The molecule has 0 saturated carbocycles. The maximum Gasteiger partial charge on any atom is 0.0696 e. The third-order valence-corrected chi connectivity index (χ3v) is 3.08. The van der Waals surface area contributed by atoms with Crippen LogP contribution in [0.5, 0.6) is 0 Å². The van der Waals surface area contributed by atoms with E-state index in [4.69, 9.17) is 5.11 Å². The van der Waals surface area contributed by atoms with E-state index in [1.165, 1.54) is 38.9 Å². The molecule has 1 saturated heterocycles. The smallest absolute Gasteiger partial charge is 0.0696 e. The predicted molar refractivity (Wildman–Crippen MR) is 60.6 cm³/mol. The van der Waals surface area contributed by atoms with Crippen molar-refractivity contribution < 1.29 is 5.11 Å². The summed E-state index contributed by atoms with van der Waals surface area (Å²) in [7, 11) is 0. The van der Waals surface area contributed by atoms with E-state index in [1.54, 1.807) is 0 Å². The first-order chi connectivity index (χ1) is 7.38. The van der Waals surface area contributed by atoms with Gasteiger partial charge >= 0.3 is 0 Å². The Bertz CT molecular complexity index is 290. The van der Waals surface area contributed by atoms with E-state index in [0.29, 0.717) is 0 Å². The van der Waals surface area contributed by atoms with E-state index in [9.17, 15) is 0 Å². The largest absolute Gasteiger partial charge is 0.392 e. The normalized spacial score (nSPS) is 17.4. The van der Waals surface area contributed by atoms with Gasteiger partial charge in [-0.15, -0.1) is 0 Å². The van der Waals surface area contributed by atoms with Crippen LogP contribution in [-0.2, 0) is 13.2 Å². The predicted octanol–water partition coefficient (Wildman–Crippen LogP) is 1.47. The maximum atomic E-state index is 8.93. The summed E-state index contributed by atoms with van der Waals surface area (Å²) in [5.41, 5.74) is 1.01. The summed E-state index contributed by atoms with van der Waals surface area (Å²) in [5, 5.41) is 8.93. The standard InChI is InChI=1S/C12H20N2O/c15-11-12-4-9-14(10-12)8-3-7-13-5-1-2-6-13/h4,9-10,15H,1-3,5-8,11H2. The molecule has 1 aromatic rings. The molecule has 2 rings (SSSR count). The number of hydrogen-bond acceptors (Lipinski definition) is 2. The Morgan fingerprint density at radius 2 is 2.00 bits per heavy atom. The number of hydrogen-bond donors (Lipinski definition) is 1. The third-order valence-electron chi connectivity index (χ3n) is 3.08. The summed E-state index contributed by atoms with van der Waals surface area (Å²) in [5.74, 6) is 0. The zero-order chi connectivity index (χ0) is 10.5. The summed E-state index contributed by atoms with van der Waals surface area (Å²) >= 11 is 0. The molecular formula is C12H20N2O. The van der Waals surface area contributed by atoms with Crippen LogP contribution in [0.4, 0.5) is 0 Å². The first kappa shape index (κ1) is 10.7. The van der Waals surface area contributed by atoms with E-state index in [1.807, 2.05) is 12.3 Å². The lowest BCUT2D eigenvalue weighted by Gasteiger charge is -2.14. The molecule has 3 nitrogen and oxygen atoms in total. The number of aliphatic hydroxyl groups excluding tert-OH is 1. The Balaban J connectivity index is 1.68. The van der Waals surface area contributed by atoms with E-state index < -0.39 is 0 Å². The molecule has 1 N–H and O–H groups in total. The number of aliphatic hydroxyl groups is 1. The Morgan fingerprint density at radius 1 is 1.20 bits per heavy atom. The second-order valence-corrected chi connectivity index (χ2v) is 4.32. The molecule has 1 aliphatic heterocycles. The van der Waals surface area contributed by atoms with Crippen LogP contribution in [0, 0.1) is 0 Å². The van der Waals surface area contributed by atoms with Gasteiger partial charge in [0.1, 0.15) is 0 Å². The average molecular weight is 208 g/mol. The second kappa shape index (κ2) is 5.33. The van der Waals surface area contributed by atoms with E-state index in [-0.39, 0.29) is 6.61 Å². The molecule has 0 atom stereocenters. The monoisotopic (exact) mass is 208 g/mol. The first-order valence-corrected chi connectivity index (χ1v) is 5.86. The lowest BCUT2D eigenvalue weighted by molar-refractivity contribution is 0.281. The summed E-state index contributed by atoms with van der Waals surface area (Å²) in [6, 6.07) is 1.98. The topological polar surface area (TPSA) is 28.4 Å². The number of rotatable bonds is 5. The molecule has 15 heavy (non-hydrogen) atoms. The van der Waals surface area contributed by atoms with Crippen molar-refractivity contribution in [2.24, 2.45) is 0 Å². The Hall–Kier alpha value is -0.800. The van der Waals surface area contributed by atoms with E-state index in [0.717, 1.165) is 12.1 Å². The van der Waals surface area contributed by atoms with Crippen molar-refractivity contribution in [3.8, 4) is 0 Å². The molecule has 0 amide bonds. The Labute approximate surface area is 91.3 Å². The average Bonchev–Trinajstić information content (AvgIpc) is 2.88. The van der Waals surface area contributed by atoms with Crippen LogP contribution in [0.2, 0.25) is 0 Å². The maximum absolute atomic E-state index is 8.93. The molecule has 2 heterocycles. The number of likely N-dealkylation sites (tertiary alicyclic amines) is 1. The lowest BCUT2D eigenvalue weighted by Crippen LogP contribution is -2.21. The van der Waals surface area contributed by atoms with Crippen LogP contribution >= 0.6 is 0 Å². The number of aryl methyl sites for hydroxylation is 1. The molecule has 0 bridgehead atoms. The van der Waals surface area contributed by atoms with Crippen molar-refractivity contribution in [1.29, 1.82) is 0 Å². The molecule has 0 spiro atoms. The van der Waals surface area contributed by atoms with Gasteiger partial charge in [0, 0.05) is 18.9 Å². The zero-order valence-electron chi connectivity index (χ0n) is 9.23. The van der Waals surface area contributed by atoms with Crippen LogP contribution in [0.3, 0.4) is 0 Å². The van der Waals surface area contributed by atoms with Gasteiger partial charge in [0.05, 0.1) is 6.61 Å². The Kier molecular flexibility index (Phi) is 3.80. The summed E-state index contributed by atoms with van der Waals surface area (Å²) in [6.07, 6.45) is 8.04. The van der Waals surface area contributed by atoms with Crippen LogP contribution in [0.25, 0.3) is 0 Å². The highest BCUT2D eigenvalue weighted by molar-refractivity contribution is 5.08. The molecule has 0 aromatic carbocycles. The van der Waals surface area contributed by atoms with Gasteiger partial charge in [-0.3, -0.25) is 0 Å². The van der Waals surface area contributed by atoms with Crippen molar-refractivity contribution in [2.45, 2.75) is 32.4 Å². The van der Waals surface area contributed by atoms with E-state index >= 15 is 0 Å². The van der Waals surface area contributed by atoms with Crippen LogP contribution < -0.4 is 0 Å². The lowest BCUT2D eigenvalue weighted by atomic mass is 10.4. The van der Waals surface area contributed by atoms with Gasteiger partial charge in [-0.25, -0.2) is 0 Å². The number of aromatic nitrogens is 1. The van der Waals surface area contributed by atoms with Crippen molar-refractivity contribution in [3.63, 3.8) is 0 Å². The highest BCUT2D eigenvalue weighted by Crippen LogP contribution is 2.08. The third kappa shape index (κ3) is 3.08. The fourth-order valence-electron chi connectivity index (χ4n) is 2.21. The van der Waals surface area contributed by atoms with Gasteiger partial charge in [-0.05, 0) is 50.5 Å². The molecule has 1 aromatic heterocycles. The van der Waals surface area contributed by atoms with Gasteiger partial charge in [0.2, 0.25) is 0 Å². The van der Waals surface area contributed by atoms with Crippen LogP contribution in [-0.4, -0.2) is 34.2 Å². The fourth-order valence-corrected chi connectivity index (χ4v) is 2.21. The summed E-state index contributed by atoms with van der Waals surface area (Å²) in [6.45, 7) is 5.00. The zero-order valence-corrected chi connectivity index (χ0v) is 9.23. The van der Waals surface area contributed by atoms with Crippen LogP contribution in [0.15, 0.2) is 18.5 Å². The van der Waals surface area contributed by atoms with Gasteiger partial charge in [0.15, 0.2) is 0 Å². The van der Waals surface area contributed by atoms with Crippen LogP contribution in [0.1, 0.15) is 24.8 Å². The van der Waals surface area contributed by atoms with Gasteiger partial charge < -0.3 is 14.6 Å². The van der Waals surface area contributed by atoms with Gasteiger partial charge in [-0.2, -0.15) is 0 Å². The molecule has 84 valence electrons. The van der Waals surface area contributed by atoms with Crippen molar-refractivity contribution in [3.05, 3.63) is 24.0 Å². The molecular weight excluding hydrogens is 188 g/mol. The molecule has 1 fully saturated rings. The minimum atomic E-state index is 0.152. The Morgan fingerprint density at radius 3 is 2.67 bits per heavy atom. The van der Waals surface area contributed by atoms with Crippen molar-refractivity contribution in [2.75, 3.05) is 19.6 Å². The second-order valence-electron chi connectivity index (χ2n) is 4.32. The fraction of sp³-hybridized carbons (Fsp3) is 0.667. The molecule has 0 aliphatic carbocycles. The van der Waals surface area contributed by atoms with E-state index in [2.05, 4.69) is 15.7 Å². The minimum absolute atomic E-state index is 0.152. The quantitative estimate of drug-likeness (QED) is 0.793. The van der Waals surface area contributed by atoms with Crippen molar-refractivity contribution in [1.82, 2.24) is 9.47 Å². The molecule has 3 heteroatoms. The highest BCUT2D eigenvalue weighted by atomic mass is 16.3. The van der Waals surface area contributed by atoms with Crippen molar-refractivity contribution >= 4 is 0 Å². The van der Waals surface area contributed by atoms with Gasteiger partial charge in [-0.1, -0.05) is 0 Å².